The lowest BCUT2D eigenvalue weighted by Crippen LogP contribution is -2.46. The third-order valence-corrected chi connectivity index (χ3v) is 5.49. The summed E-state index contributed by atoms with van der Waals surface area (Å²) in [6, 6.07) is 11.3. The number of anilines is 2. The number of nitrogen functional groups attached to an aromatic ring is 1. The molecule has 0 saturated carbocycles. The number of rotatable bonds is 3. The summed E-state index contributed by atoms with van der Waals surface area (Å²) in [4.78, 5) is 10.8. The van der Waals surface area contributed by atoms with Gasteiger partial charge < -0.3 is 10.6 Å². The average molecular weight is 338 g/mol. The monoisotopic (exact) mass is 338 g/mol. The van der Waals surface area contributed by atoms with Crippen LogP contribution >= 0.6 is 0 Å². The maximum absolute atomic E-state index is 5.83. The van der Waals surface area contributed by atoms with Crippen LogP contribution in [0.5, 0.6) is 0 Å². The highest BCUT2D eigenvalue weighted by Gasteiger charge is 2.36. The Morgan fingerprint density at radius 2 is 2.04 bits per heavy atom. The Morgan fingerprint density at radius 3 is 2.84 bits per heavy atom. The Morgan fingerprint density at radius 1 is 1.20 bits per heavy atom. The van der Waals surface area contributed by atoms with Crippen LogP contribution in [0, 0.1) is 12.8 Å². The van der Waals surface area contributed by atoms with Crippen LogP contribution < -0.4 is 21.5 Å². The summed E-state index contributed by atoms with van der Waals surface area (Å²) in [5, 5.41) is 0. The van der Waals surface area contributed by atoms with E-state index in [0.717, 1.165) is 25.5 Å². The first-order valence-corrected chi connectivity index (χ1v) is 9.08. The van der Waals surface area contributed by atoms with E-state index < -0.39 is 0 Å². The molecule has 4 N–H and O–H groups in total. The van der Waals surface area contributed by atoms with Crippen LogP contribution in [0.15, 0.2) is 36.7 Å². The van der Waals surface area contributed by atoms with E-state index in [-0.39, 0.29) is 0 Å². The summed E-state index contributed by atoms with van der Waals surface area (Å²) in [7, 11) is 0. The lowest BCUT2D eigenvalue weighted by molar-refractivity contribution is 0.304. The van der Waals surface area contributed by atoms with Crippen LogP contribution in [0.4, 0.5) is 11.6 Å². The Labute approximate surface area is 148 Å². The lowest BCUT2D eigenvalue weighted by atomic mass is 9.81. The highest BCUT2D eigenvalue weighted by molar-refractivity contribution is 5.46. The molecule has 3 atom stereocenters. The Balaban J connectivity index is 1.51. The molecule has 0 bridgehead atoms. The van der Waals surface area contributed by atoms with E-state index in [9.17, 15) is 0 Å². The van der Waals surface area contributed by atoms with Gasteiger partial charge in [0.05, 0.1) is 0 Å². The second-order valence-electron chi connectivity index (χ2n) is 7.22. The number of piperidine rings is 1. The van der Waals surface area contributed by atoms with Gasteiger partial charge in [0.25, 0.3) is 0 Å². The largest absolute Gasteiger partial charge is 0.384 e. The van der Waals surface area contributed by atoms with Crippen molar-refractivity contribution in [3.05, 3.63) is 47.8 Å². The van der Waals surface area contributed by atoms with Crippen LogP contribution in [0.1, 0.15) is 29.9 Å². The van der Waals surface area contributed by atoms with E-state index in [1.54, 1.807) is 6.33 Å². The molecule has 4 rings (SSSR count). The van der Waals surface area contributed by atoms with E-state index in [2.05, 4.69) is 56.9 Å². The minimum Gasteiger partial charge on any atom is -0.384 e. The number of aromatic nitrogens is 2. The van der Waals surface area contributed by atoms with Crippen molar-refractivity contribution in [2.75, 3.05) is 30.3 Å². The molecule has 1 aromatic heterocycles. The number of nitrogens with zero attached hydrogens (tertiary/aromatic N) is 3. The van der Waals surface area contributed by atoms with Gasteiger partial charge in [-0.1, -0.05) is 29.8 Å². The molecule has 2 saturated heterocycles. The van der Waals surface area contributed by atoms with Gasteiger partial charge in [-0.05, 0) is 31.2 Å². The molecule has 2 aliphatic heterocycles. The third-order valence-electron chi connectivity index (χ3n) is 5.49. The van der Waals surface area contributed by atoms with Crippen molar-refractivity contribution in [1.29, 1.82) is 0 Å². The van der Waals surface area contributed by atoms with Crippen molar-refractivity contribution in [3.63, 3.8) is 0 Å². The molecule has 6 nitrogen and oxygen atoms in total. The zero-order valence-corrected chi connectivity index (χ0v) is 14.7. The normalized spacial score (nSPS) is 26.8. The summed E-state index contributed by atoms with van der Waals surface area (Å²) in [6.45, 7) is 5.14. The fourth-order valence-corrected chi connectivity index (χ4v) is 4.15. The highest BCUT2D eigenvalue weighted by atomic mass is 15.4. The van der Waals surface area contributed by atoms with Gasteiger partial charge in [0, 0.05) is 37.7 Å². The molecule has 0 amide bonds. The van der Waals surface area contributed by atoms with E-state index in [1.807, 2.05) is 6.07 Å². The predicted octanol–water partition coefficient (Wildman–Crippen LogP) is 1.84. The van der Waals surface area contributed by atoms with Crippen LogP contribution in [0.3, 0.4) is 0 Å². The van der Waals surface area contributed by atoms with Gasteiger partial charge in [0.15, 0.2) is 0 Å². The number of benzene rings is 1. The van der Waals surface area contributed by atoms with Crippen molar-refractivity contribution in [1.82, 2.24) is 20.8 Å². The van der Waals surface area contributed by atoms with Crippen LogP contribution in [-0.2, 0) is 0 Å². The number of hydrogen-bond donors (Lipinski definition) is 3. The number of hydrogen-bond acceptors (Lipinski definition) is 6. The zero-order valence-electron chi connectivity index (χ0n) is 14.7. The summed E-state index contributed by atoms with van der Waals surface area (Å²) >= 11 is 0. The van der Waals surface area contributed by atoms with Crippen molar-refractivity contribution in [2.24, 2.45) is 5.92 Å². The molecule has 3 unspecified atom stereocenters. The van der Waals surface area contributed by atoms with Crippen molar-refractivity contribution in [2.45, 2.75) is 31.7 Å². The van der Waals surface area contributed by atoms with Crippen LogP contribution in [0.25, 0.3) is 0 Å². The van der Waals surface area contributed by atoms with Crippen molar-refractivity contribution < 1.29 is 0 Å². The van der Waals surface area contributed by atoms with Gasteiger partial charge in [-0.25, -0.2) is 9.97 Å². The first kappa shape index (κ1) is 16.3. The second-order valence-corrected chi connectivity index (χ2v) is 7.22. The minimum absolute atomic E-state index is 0.435. The fourth-order valence-electron chi connectivity index (χ4n) is 4.15. The molecule has 132 valence electrons. The van der Waals surface area contributed by atoms with E-state index in [1.165, 1.54) is 24.0 Å². The molecular weight excluding hydrogens is 312 g/mol. The topological polar surface area (TPSA) is 79.1 Å². The van der Waals surface area contributed by atoms with Gasteiger partial charge >= 0.3 is 0 Å². The first-order chi connectivity index (χ1) is 12.2. The maximum Gasteiger partial charge on any atom is 0.134 e. The molecule has 3 heterocycles. The fraction of sp³-hybridized carbons (Fsp3) is 0.474. The second kappa shape index (κ2) is 6.98. The highest BCUT2D eigenvalue weighted by Crippen LogP contribution is 2.33. The Hall–Kier alpha value is -2.18. The van der Waals surface area contributed by atoms with Gasteiger partial charge in [-0.3, -0.25) is 10.9 Å². The van der Waals surface area contributed by atoms with Gasteiger partial charge in [0.2, 0.25) is 0 Å². The molecule has 2 aliphatic rings. The van der Waals surface area contributed by atoms with E-state index in [4.69, 9.17) is 5.73 Å². The predicted molar refractivity (Wildman–Crippen MR) is 100 cm³/mol. The summed E-state index contributed by atoms with van der Waals surface area (Å²) < 4.78 is 0. The van der Waals surface area contributed by atoms with Gasteiger partial charge in [0.1, 0.15) is 18.0 Å². The van der Waals surface area contributed by atoms with Crippen molar-refractivity contribution in [3.8, 4) is 0 Å². The molecule has 2 aromatic rings. The molecule has 0 aliphatic carbocycles. The summed E-state index contributed by atoms with van der Waals surface area (Å²) in [5.74, 6) is 2.55. The SMILES string of the molecule is Cc1ccc(C2CNNC2C2CCCN(c3cc(N)ncn3)C2)cc1. The third kappa shape index (κ3) is 3.45. The molecule has 6 heteroatoms. The number of aryl methyl sites for hydroxylation is 1. The molecule has 1 aromatic carbocycles. The molecule has 0 radical (unpaired) electrons. The van der Waals surface area contributed by atoms with E-state index >= 15 is 0 Å². The van der Waals surface area contributed by atoms with E-state index in [0.29, 0.717) is 23.7 Å². The van der Waals surface area contributed by atoms with Crippen LogP contribution in [-0.4, -0.2) is 35.6 Å². The van der Waals surface area contributed by atoms with Gasteiger partial charge in [-0.15, -0.1) is 0 Å². The maximum atomic E-state index is 5.83. The quantitative estimate of drug-likeness (QED) is 0.793. The molecule has 0 spiro atoms. The minimum atomic E-state index is 0.435. The smallest absolute Gasteiger partial charge is 0.134 e. The standard InChI is InChI=1S/C19H26N6/c1-13-4-6-14(7-5-13)16-10-23-24-19(16)15-3-2-8-25(11-15)18-9-17(20)21-12-22-18/h4-7,9,12,15-16,19,23-24H,2-3,8,10-11H2,1H3,(H2,20,21,22). The Bertz CT molecular complexity index is 716. The van der Waals surface area contributed by atoms with Crippen LogP contribution in [0.2, 0.25) is 0 Å². The summed E-state index contributed by atoms with van der Waals surface area (Å²) in [6.07, 6.45) is 3.96. The number of hydrazine groups is 1. The molecule has 25 heavy (non-hydrogen) atoms. The zero-order chi connectivity index (χ0) is 17.2. The lowest BCUT2D eigenvalue weighted by Gasteiger charge is -2.38. The number of nitrogens with two attached hydrogens (primary N) is 1. The molecule has 2 fully saturated rings. The van der Waals surface area contributed by atoms with Crippen molar-refractivity contribution >= 4 is 11.6 Å². The average Bonchev–Trinajstić information content (AvgIpc) is 3.12. The molecular formula is C19H26N6. The first-order valence-electron chi connectivity index (χ1n) is 9.08. The number of nitrogens with one attached hydrogen (secondary N) is 2. The summed E-state index contributed by atoms with van der Waals surface area (Å²) in [5.41, 5.74) is 15.5. The Kier molecular flexibility index (Phi) is 4.55. The van der Waals surface area contributed by atoms with Gasteiger partial charge in [-0.2, -0.15) is 0 Å².